The Labute approximate surface area is 137 Å². The monoisotopic (exact) mass is 316 g/mol. The first kappa shape index (κ1) is 18.5. The Morgan fingerprint density at radius 3 is 2.57 bits per heavy atom. The number of nitriles is 1. The second-order valence-electron chi connectivity index (χ2n) is 5.40. The Bertz CT molecular complexity index is 573. The van der Waals surface area contributed by atoms with Gasteiger partial charge < -0.3 is 20.3 Å². The summed E-state index contributed by atoms with van der Waals surface area (Å²) in [6.07, 6.45) is 1.46. The highest BCUT2D eigenvalue weighted by atomic mass is 16.5. The topological polar surface area (TPSA) is 77.4 Å². The highest BCUT2D eigenvalue weighted by Crippen LogP contribution is 2.17. The van der Waals surface area contributed by atoms with Gasteiger partial charge in [0.05, 0.1) is 13.2 Å². The number of carbonyl (C=O) groups excluding carboxylic acids is 1. The number of likely N-dealkylation sites (N-methyl/N-ethyl adjacent to an activating group) is 1. The van der Waals surface area contributed by atoms with E-state index in [0.717, 1.165) is 17.9 Å². The maximum Gasteiger partial charge on any atom is 0.263 e. The van der Waals surface area contributed by atoms with Crippen LogP contribution in [0.5, 0.6) is 5.75 Å². The second kappa shape index (κ2) is 9.49. The summed E-state index contributed by atoms with van der Waals surface area (Å²) in [5, 5.41) is 14.9. The van der Waals surface area contributed by atoms with Crippen LogP contribution in [-0.2, 0) is 4.79 Å². The molecule has 1 rings (SSSR count). The fourth-order valence-electron chi connectivity index (χ4n) is 1.86. The molecule has 0 aromatic heterocycles. The van der Waals surface area contributed by atoms with Crippen LogP contribution in [0.3, 0.4) is 0 Å². The van der Waals surface area contributed by atoms with Crippen molar-refractivity contribution < 1.29 is 9.53 Å². The summed E-state index contributed by atoms with van der Waals surface area (Å²) in [7, 11) is 5.52. The smallest absolute Gasteiger partial charge is 0.263 e. The van der Waals surface area contributed by atoms with Crippen LogP contribution in [0.25, 0.3) is 0 Å². The molecule has 1 aromatic rings. The van der Waals surface area contributed by atoms with Crippen molar-refractivity contribution in [1.82, 2.24) is 15.5 Å². The van der Waals surface area contributed by atoms with Crippen molar-refractivity contribution in [3.63, 3.8) is 0 Å². The van der Waals surface area contributed by atoms with E-state index in [-0.39, 0.29) is 11.6 Å². The number of nitrogens with one attached hydrogen (secondary N) is 2. The van der Waals surface area contributed by atoms with E-state index in [1.165, 1.54) is 6.20 Å². The second-order valence-corrected chi connectivity index (χ2v) is 5.40. The molecule has 0 aliphatic carbocycles. The maximum absolute atomic E-state index is 12.1. The summed E-state index contributed by atoms with van der Waals surface area (Å²) < 4.78 is 5.11. The van der Waals surface area contributed by atoms with Crippen molar-refractivity contribution in [3.05, 3.63) is 41.6 Å². The number of nitrogens with zero attached hydrogens (tertiary/aromatic N) is 2. The van der Waals surface area contributed by atoms with E-state index in [1.807, 2.05) is 56.3 Å². The van der Waals surface area contributed by atoms with Crippen LogP contribution in [0.2, 0.25) is 0 Å². The summed E-state index contributed by atoms with van der Waals surface area (Å²) in [5.74, 6) is 0.364. The first-order chi connectivity index (χ1) is 11.0. The van der Waals surface area contributed by atoms with Gasteiger partial charge in [-0.1, -0.05) is 12.1 Å². The van der Waals surface area contributed by atoms with Gasteiger partial charge in [-0.25, -0.2) is 0 Å². The SMILES string of the molecule is COc1ccc(C(C)NC(=O)/C(C#N)=C\NCCN(C)C)cc1. The number of hydrogen-bond acceptors (Lipinski definition) is 5. The average Bonchev–Trinajstić information content (AvgIpc) is 2.54. The third-order valence-electron chi connectivity index (χ3n) is 3.28. The van der Waals surface area contributed by atoms with Crippen molar-refractivity contribution in [2.24, 2.45) is 0 Å². The fourth-order valence-corrected chi connectivity index (χ4v) is 1.86. The third-order valence-corrected chi connectivity index (χ3v) is 3.28. The molecule has 23 heavy (non-hydrogen) atoms. The number of methoxy groups -OCH3 is 1. The van der Waals surface area contributed by atoms with Gasteiger partial charge >= 0.3 is 0 Å². The average molecular weight is 316 g/mol. The molecular formula is C17H24N4O2. The molecule has 0 spiro atoms. The van der Waals surface area contributed by atoms with Crippen LogP contribution in [0.4, 0.5) is 0 Å². The van der Waals surface area contributed by atoms with Crippen LogP contribution >= 0.6 is 0 Å². The first-order valence-corrected chi connectivity index (χ1v) is 7.41. The molecule has 0 radical (unpaired) electrons. The number of benzene rings is 1. The van der Waals surface area contributed by atoms with E-state index in [4.69, 9.17) is 10.00 Å². The number of hydrogen-bond donors (Lipinski definition) is 2. The van der Waals surface area contributed by atoms with Gasteiger partial charge in [-0.15, -0.1) is 0 Å². The minimum Gasteiger partial charge on any atom is -0.497 e. The molecule has 1 aromatic carbocycles. The standard InChI is InChI=1S/C17H24N4O2/c1-13(14-5-7-16(23-4)8-6-14)20-17(22)15(11-18)12-19-9-10-21(2)3/h5-8,12-13,19H,9-10H2,1-4H3,(H,20,22)/b15-12-. The zero-order valence-corrected chi connectivity index (χ0v) is 14.1. The summed E-state index contributed by atoms with van der Waals surface area (Å²) in [5.41, 5.74) is 1.00. The van der Waals surface area contributed by atoms with Crippen molar-refractivity contribution in [1.29, 1.82) is 5.26 Å². The Morgan fingerprint density at radius 2 is 2.04 bits per heavy atom. The largest absolute Gasteiger partial charge is 0.497 e. The van der Waals surface area contributed by atoms with E-state index in [9.17, 15) is 4.79 Å². The van der Waals surface area contributed by atoms with Crippen molar-refractivity contribution in [3.8, 4) is 11.8 Å². The van der Waals surface area contributed by atoms with E-state index in [2.05, 4.69) is 10.6 Å². The van der Waals surface area contributed by atoms with Crippen LogP contribution in [0.15, 0.2) is 36.0 Å². The number of ether oxygens (including phenoxy) is 1. The van der Waals surface area contributed by atoms with Gasteiger partial charge in [-0.05, 0) is 38.7 Å². The van der Waals surface area contributed by atoms with Gasteiger partial charge in [0.1, 0.15) is 17.4 Å². The Morgan fingerprint density at radius 1 is 1.39 bits per heavy atom. The van der Waals surface area contributed by atoms with E-state index in [0.29, 0.717) is 6.54 Å². The van der Waals surface area contributed by atoms with E-state index < -0.39 is 5.91 Å². The Hall–Kier alpha value is -2.52. The minimum atomic E-state index is -0.395. The van der Waals surface area contributed by atoms with E-state index in [1.54, 1.807) is 7.11 Å². The van der Waals surface area contributed by atoms with Gasteiger partial charge in [-0.2, -0.15) is 5.26 Å². The molecule has 0 fully saturated rings. The molecule has 1 amide bonds. The zero-order valence-electron chi connectivity index (χ0n) is 14.1. The Balaban J connectivity index is 2.60. The quantitative estimate of drug-likeness (QED) is 0.431. The van der Waals surface area contributed by atoms with Crippen LogP contribution in [-0.4, -0.2) is 45.1 Å². The van der Waals surface area contributed by atoms with Crippen molar-refractivity contribution in [2.75, 3.05) is 34.3 Å². The maximum atomic E-state index is 12.1. The van der Waals surface area contributed by atoms with Gasteiger partial charge in [0.25, 0.3) is 5.91 Å². The molecule has 1 unspecified atom stereocenters. The highest BCUT2D eigenvalue weighted by molar-refractivity contribution is 5.97. The van der Waals surface area contributed by atoms with Crippen LogP contribution in [0.1, 0.15) is 18.5 Å². The van der Waals surface area contributed by atoms with Crippen molar-refractivity contribution >= 4 is 5.91 Å². The van der Waals surface area contributed by atoms with Gasteiger partial charge in [-0.3, -0.25) is 4.79 Å². The molecule has 0 aliphatic rings. The lowest BCUT2D eigenvalue weighted by Gasteiger charge is -2.14. The third kappa shape index (κ3) is 6.41. The molecule has 124 valence electrons. The lowest BCUT2D eigenvalue weighted by atomic mass is 10.1. The minimum absolute atomic E-state index is 0.0594. The predicted molar refractivity (Wildman–Crippen MR) is 89.8 cm³/mol. The molecule has 0 aliphatic heterocycles. The number of carbonyl (C=O) groups is 1. The summed E-state index contributed by atoms with van der Waals surface area (Å²) in [6, 6.07) is 9.15. The first-order valence-electron chi connectivity index (χ1n) is 7.41. The molecule has 0 saturated heterocycles. The fraction of sp³-hybridized carbons (Fsp3) is 0.412. The summed E-state index contributed by atoms with van der Waals surface area (Å²) in [4.78, 5) is 14.1. The van der Waals surface area contributed by atoms with Crippen LogP contribution < -0.4 is 15.4 Å². The predicted octanol–water partition coefficient (Wildman–Crippen LogP) is 1.43. The highest BCUT2D eigenvalue weighted by Gasteiger charge is 2.13. The van der Waals surface area contributed by atoms with Gasteiger partial charge in [0, 0.05) is 19.3 Å². The summed E-state index contributed by atoms with van der Waals surface area (Å²) in [6.45, 7) is 3.35. The molecular weight excluding hydrogens is 292 g/mol. The molecule has 0 bridgehead atoms. The van der Waals surface area contributed by atoms with E-state index >= 15 is 0 Å². The van der Waals surface area contributed by atoms with Gasteiger partial charge in [0.15, 0.2) is 0 Å². The molecule has 0 saturated carbocycles. The van der Waals surface area contributed by atoms with Crippen LogP contribution in [0, 0.1) is 11.3 Å². The lowest BCUT2D eigenvalue weighted by Crippen LogP contribution is -2.29. The number of amides is 1. The normalized spacial score (nSPS) is 12.4. The molecule has 6 nitrogen and oxygen atoms in total. The summed E-state index contributed by atoms with van der Waals surface area (Å²) >= 11 is 0. The Kier molecular flexibility index (Phi) is 7.64. The molecule has 1 atom stereocenters. The molecule has 2 N–H and O–H groups in total. The molecule has 0 heterocycles. The molecule has 6 heteroatoms. The number of rotatable bonds is 8. The zero-order chi connectivity index (χ0) is 17.2. The van der Waals surface area contributed by atoms with Crippen molar-refractivity contribution in [2.45, 2.75) is 13.0 Å². The lowest BCUT2D eigenvalue weighted by molar-refractivity contribution is -0.117. The van der Waals surface area contributed by atoms with Gasteiger partial charge in [0.2, 0.25) is 0 Å².